The Morgan fingerprint density at radius 2 is 2.00 bits per heavy atom. The Morgan fingerprint density at radius 3 is 2.53 bits per heavy atom. The third kappa shape index (κ3) is 4.21. The van der Waals surface area contributed by atoms with Gasteiger partial charge in [0, 0.05) is 29.9 Å². The van der Waals surface area contributed by atoms with Crippen LogP contribution in [0.4, 0.5) is 11.4 Å². The maximum absolute atomic E-state index is 10.9. The number of likely N-dealkylation sites (N-methyl/N-ethyl adjacent to an activating group) is 1. The highest BCUT2D eigenvalue weighted by molar-refractivity contribution is 5.60. The van der Waals surface area contributed by atoms with Crippen molar-refractivity contribution in [3.63, 3.8) is 0 Å². The van der Waals surface area contributed by atoms with E-state index in [0.29, 0.717) is 5.56 Å². The number of nitrogens with one attached hydrogen (secondary N) is 1. The molecule has 0 aliphatic carbocycles. The van der Waals surface area contributed by atoms with Gasteiger partial charge in [-0.2, -0.15) is 0 Å². The average molecular weight is 265 g/mol. The molecule has 1 rings (SSSR count). The maximum Gasteiger partial charge on any atom is 0.274 e. The Balaban J connectivity index is 2.77. The molecule has 0 heterocycles. The molecule has 1 unspecified atom stereocenters. The molecule has 1 N–H and O–H groups in total. The molecule has 5 nitrogen and oxygen atoms in total. The molecule has 0 aliphatic heterocycles. The molecule has 19 heavy (non-hydrogen) atoms. The summed E-state index contributed by atoms with van der Waals surface area (Å²) in [6, 6.07) is 5.40. The normalized spacial score (nSPS) is 12.5. The number of nitrogens with zero attached hydrogens (tertiary/aromatic N) is 2. The molecule has 0 fully saturated rings. The van der Waals surface area contributed by atoms with Crippen molar-refractivity contribution in [2.24, 2.45) is 0 Å². The fourth-order valence-electron chi connectivity index (χ4n) is 2.16. The zero-order chi connectivity index (χ0) is 14.4. The zero-order valence-corrected chi connectivity index (χ0v) is 12.1. The van der Waals surface area contributed by atoms with Crippen LogP contribution in [-0.4, -0.2) is 35.5 Å². The summed E-state index contributed by atoms with van der Waals surface area (Å²) >= 11 is 0. The summed E-state index contributed by atoms with van der Waals surface area (Å²) in [4.78, 5) is 12.9. The standard InChI is InChI=1S/C14H23N3O2/c1-5-16(6-2)10-11(3)15-13-8-7-9-14(12(13)4)17(18)19/h7-9,11,15H,5-6,10H2,1-4H3. The van der Waals surface area contributed by atoms with E-state index in [2.05, 4.69) is 31.0 Å². The van der Waals surface area contributed by atoms with E-state index in [1.807, 2.05) is 6.07 Å². The van der Waals surface area contributed by atoms with E-state index >= 15 is 0 Å². The Morgan fingerprint density at radius 1 is 1.37 bits per heavy atom. The molecule has 0 aromatic heterocycles. The zero-order valence-electron chi connectivity index (χ0n) is 12.1. The lowest BCUT2D eigenvalue weighted by molar-refractivity contribution is -0.385. The highest BCUT2D eigenvalue weighted by Crippen LogP contribution is 2.25. The van der Waals surface area contributed by atoms with Crippen LogP contribution in [0.25, 0.3) is 0 Å². The fraction of sp³-hybridized carbons (Fsp3) is 0.571. The first kappa shape index (κ1) is 15.4. The van der Waals surface area contributed by atoms with Crippen LogP contribution in [0.3, 0.4) is 0 Å². The summed E-state index contributed by atoms with van der Waals surface area (Å²) in [5.41, 5.74) is 1.70. The molecule has 0 amide bonds. The SMILES string of the molecule is CCN(CC)CC(C)Nc1cccc([N+](=O)[O-])c1C. The van der Waals surface area contributed by atoms with Gasteiger partial charge in [0.25, 0.3) is 5.69 Å². The third-order valence-corrected chi connectivity index (χ3v) is 3.33. The van der Waals surface area contributed by atoms with Crippen molar-refractivity contribution < 1.29 is 4.92 Å². The Kier molecular flexibility index (Phi) is 5.76. The number of nitro benzene ring substituents is 1. The molecule has 0 spiro atoms. The molecule has 0 saturated heterocycles. The van der Waals surface area contributed by atoms with Crippen LogP contribution in [0.2, 0.25) is 0 Å². The fourth-order valence-corrected chi connectivity index (χ4v) is 2.16. The first-order valence-electron chi connectivity index (χ1n) is 6.72. The van der Waals surface area contributed by atoms with Gasteiger partial charge in [-0.3, -0.25) is 10.1 Å². The van der Waals surface area contributed by atoms with E-state index in [0.717, 1.165) is 25.3 Å². The number of hydrogen-bond acceptors (Lipinski definition) is 4. The molecular formula is C14H23N3O2. The van der Waals surface area contributed by atoms with Crippen molar-refractivity contribution >= 4 is 11.4 Å². The third-order valence-electron chi connectivity index (χ3n) is 3.33. The lowest BCUT2D eigenvalue weighted by Crippen LogP contribution is -2.34. The van der Waals surface area contributed by atoms with Gasteiger partial charge in [-0.05, 0) is 33.0 Å². The molecule has 1 atom stereocenters. The topological polar surface area (TPSA) is 58.4 Å². The second-order valence-electron chi connectivity index (χ2n) is 4.74. The predicted molar refractivity (Wildman–Crippen MR) is 78.7 cm³/mol. The van der Waals surface area contributed by atoms with Gasteiger partial charge in [-0.15, -0.1) is 0 Å². The first-order valence-corrected chi connectivity index (χ1v) is 6.72. The average Bonchev–Trinajstić information content (AvgIpc) is 2.38. The Labute approximate surface area is 114 Å². The van der Waals surface area contributed by atoms with Gasteiger partial charge in [0.1, 0.15) is 0 Å². The molecule has 0 saturated carbocycles. The van der Waals surface area contributed by atoms with Crippen LogP contribution < -0.4 is 5.32 Å². The monoisotopic (exact) mass is 265 g/mol. The lowest BCUT2D eigenvalue weighted by atomic mass is 10.1. The first-order chi connectivity index (χ1) is 8.99. The summed E-state index contributed by atoms with van der Waals surface area (Å²) in [5, 5.41) is 14.3. The number of rotatable bonds is 7. The van der Waals surface area contributed by atoms with Crippen LogP contribution in [0.15, 0.2) is 18.2 Å². The molecular weight excluding hydrogens is 242 g/mol. The van der Waals surface area contributed by atoms with Crippen molar-refractivity contribution in [2.45, 2.75) is 33.7 Å². The van der Waals surface area contributed by atoms with Gasteiger partial charge in [0.2, 0.25) is 0 Å². The van der Waals surface area contributed by atoms with Crippen LogP contribution in [-0.2, 0) is 0 Å². The Bertz CT molecular complexity index is 431. The molecule has 0 bridgehead atoms. The molecule has 0 aliphatic rings. The summed E-state index contributed by atoms with van der Waals surface area (Å²) in [6.07, 6.45) is 0. The van der Waals surface area contributed by atoms with Gasteiger partial charge in [0.15, 0.2) is 0 Å². The van der Waals surface area contributed by atoms with E-state index in [4.69, 9.17) is 0 Å². The number of hydrogen-bond donors (Lipinski definition) is 1. The number of anilines is 1. The van der Waals surface area contributed by atoms with E-state index < -0.39 is 0 Å². The van der Waals surface area contributed by atoms with Crippen LogP contribution in [0.1, 0.15) is 26.3 Å². The largest absolute Gasteiger partial charge is 0.381 e. The quantitative estimate of drug-likeness (QED) is 0.608. The summed E-state index contributed by atoms with van der Waals surface area (Å²) in [5.74, 6) is 0. The minimum absolute atomic E-state index is 0.167. The summed E-state index contributed by atoms with van der Waals surface area (Å²) in [6.45, 7) is 11.1. The van der Waals surface area contributed by atoms with Gasteiger partial charge in [-0.25, -0.2) is 0 Å². The minimum Gasteiger partial charge on any atom is -0.381 e. The number of benzene rings is 1. The van der Waals surface area contributed by atoms with E-state index in [1.54, 1.807) is 13.0 Å². The summed E-state index contributed by atoms with van der Waals surface area (Å²) in [7, 11) is 0. The number of nitro groups is 1. The maximum atomic E-state index is 10.9. The highest BCUT2D eigenvalue weighted by atomic mass is 16.6. The van der Waals surface area contributed by atoms with Crippen molar-refractivity contribution in [1.29, 1.82) is 0 Å². The van der Waals surface area contributed by atoms with Crippen LogP contribution in [0.5, 0.6) is 0 Å². The van der Waals surface area contributed by atoms with Crippen LogP contribution in [0, 0.1) is 17.0 Å². The molecule has 5 heteroatoms. The second kappa shape index (κ2) is 7.09. The van der Waals surface area contributed by atoms with Crippen LogP contribution >= 0.6 is 0 Å². The summed E-state index contributed by atoms with van der Waals surface area (Å²) < 4.78 is 0. The highest BCUT2D eigenvalue weighted by Gasteiger charge is 2.15. The van der Waals surface area contributed by atoms with E-state index in [9.17, 15) is 10.1 Å². The van der Waals surface area contributed by atoms with Crippen molar-refractivity contribution in [1.82, 2.24) is 4.90 Å². The van der Waals surface area contributed by atoms with Gasteiger partial charge >= 0.3 is 0 Å². The van der Waals surface area contributed by atoms with Crippen molar-refractivity contribution in [3.05, 3.63) is 33.9 Å². The van der Waals surface area contributed by atoms with E-state index in [1.165, 1.54) is 6.07 Å². The lowest BCUT2D eigenvalue weighted by Gasteiger charge is -2.24. The van der Waals surface area contributed by atoms with Gasteiger partial charge in [0.05, 0.1) is 4.92 Å². The molecule has 1 aromatic carbocycles. The second-order valence-corrected chi connectivity index (χ2v) is 4.74. The molecule has 106 valence electrons. The minimum atomic E-state index is -0.338. The molecule has 1 aromatic rings. The van der Waals surface area contributed by atoms with Gasteiger partial charge in [-0.1, -0.05) is 19.9 Å². The van der Waals surface area contributed by atoms with Crippen molar-refractivity contribution in [2.75, 3.05) is 25.0 Å². The van der Waals surface area contributed by atoms with E-state index in [-0.39, 0.29) is 16.7 Å². The molecule has 0 radical (unpaired) electrons. The smallest absolute Gasteiger partial charge is 0.274 e. The van der Waals surface area contributed by atoms with Crippen molar-refractivity contribution in [3.8, 4) is 0 Å². The predicted octanol–water partition coefficient (Wildman–Crippen LogP) is 3.05. The Hall–Kier alpha value is -1.62. The van der Waals surface area contributed by atoms with Gasteiger partial charge < -0.3 is 10.2 Å².